The van der Waals surface area contributed by atoms with Crippen LogP contribution >= 0.6 is 0 Å². The molecule has 2 aliphatic carbocycles. The topological polar surface area (TPSA) is 292 Å². The third kappa shape index (κ3) is 9.16. The van der Waals surface area contributed by atoms with Crippen molar-refractivity contribution in [1.82, 2.24) is 4.57 Å². The Labute approximate surface area is 334 Å². The zero-order chi connectivity index (χ0) is 41.5. The number of azo groups is 2. The molecule has 5 rings (SSSR count). The second-order valence-electron chi connectivity index (χ2n) is 12.5. The molecule has 1 radical (unpaired) electrons. The van der Waals surface area contributed by atoms with Gasteiger partial charge in [-0.2, -0.15) is 10.5 Å². The number of ether oxygens (including phenoxy) is 1. The molecular weight excluding hydrogens is 789 g/mol. The monoisotopic (exact) mass is 822 g/mol. The molecule has 2 unspecified atom stereocenters. The number of phenolic OH excluding ortho intramolecular Hbond substituents is 2. The molecule has 0 saturated heterocycles. The quantitative estimate of drug-likeness (QED) is 0.0722. The number of aromatic hydroxyl groups is 2. The number of pyridine rings is 1. The van der Waals surface area contributed by atoms with Crippen LogP contribution in [0, 0.1) is 61.1 Å². The molecule has 2 aromatic carbocycles. The van der Waals surface area contributed by atoms with Crippen molar-refractivity contribution in [2.45, 2.75) is 39.7 Å². The summed E-state index contributed by atoms with van der Waals surface area (Å²) in [6.45, 7) is 10.3. The summed E-state index contributed by atoms with van der Waals surface area (Å²) >= 11 is 0. The Hall–Kier alpha value is -7.29. The van der Waals surface area contributed by atoms with E-state index in [9.17, 15) is 55.7 Å². The number of nitrogens with zero attached hydrogens (tertiary/aromatic N) is 9. The minimum Gasteiger partial charge on any atom is -0.510 e. The molecule has 1 aromatic heterocycles. The number of allylic oxidation sites excluding steroid dienone is 5. The van der Waals surface area contributed by atoms with Crippen LogP contribution in [0.4, 0.5) is 28.4 Å². The van der Waals surface area contributed by atoms with Crippen LogP contribution in [-0.4, -0.2) is 42.6 Å². The van der Waals surface area contributed by atoms with Crippen LogP contribution in [0.15, 0.2) is 110 Å². The van der Waals surface area contributed by atoms with Gasteiger partial charge in [-0.15, -0.1) is 33.6 Å². The third-order valence-corrected chi connectivity index (χ3v) is 9.06. The Morgan fingerprint density at radius 1 is 0.947 bits per heavy atom. The second-order valence-corrected chi connectivity index (χ2v) is 12.5. The molecule has 57 heavy (non-hydrogen) atoms. The van der Waals surface area contributed by atoms with Gasteiger partial charge in [0.2, 0.25) is 5.88 Å². The molecule has 295 valence electrons. The zero-order valence-corrected chi connectivity index (χ0v) is 31.5. The van der Waals surface area contributed by atoms with Crippen molar-refractivity contribution in [3.05, 3.63) is 126 Å². The number of fused-ring (bicyclic) bond motifs is 1. The number of aliphatic hydroxyl groups is 1. The van der Waals surface area contributed by atoms with Crippen molar-refractivity contribution in [3.8, 4) is 29.5 Å². The normalized spacial score (nSPS) is 19.7. The molecule has 0 aliphatic heterocycles. The van der Waals surface area contributed by atoms with Gasteiger partial charge in [0.25, 0.3) is 16.9 Å². The molecule has 19 nitrogen and oxygen atoms in total. The van der Waals surface area contributed by atoms with E-state index in [4.69, 9.17) is 4.74 Å². The molecule has 1 saturated carbocycles. The summed E-state index contributed by atoms with van der Waals surface area (Å²) in [7, 11) is 1.32. The molecular formula is C37H33CoN9O10. The van der Waals surface area contributed by atoms with Crippen LogP contribution in [-0.2, 0) is 28.1 Å². The van der Waals surface area contributed by atoms with E-state index in [0.29, 0.717) is 12.8 Å². The molecule has 1 fully saturated rings. The number of nitro benzene ring substituents is 2. The molecule has 20 heteroatoms. The Balaban J connectivity index is 0.000000301. The first kappa shape index (κ1) is 44.1. The van der Waals surface area contributed by atoms with Crippen molar-refractivity contribution in [2.24, 2.45) is 31.8 Å². The number of hydrogen-bond donors (Lipinski definition) is 3. The van der Waals surface area contributed by atoms with Gasteiger partial charge in [-0.1, -0.05) is 12.2 Å². The number of Topliss-reactive ketones (excluding diaryl/α,β-unsaturated/α-hetero) is 1. The molecule has 2 aliphatic rings. The second kappa shape index (κ2) is 18.4. The number of nitro groups is 2. The van der Waals surface area contributed by atoms with Crippen LogP contribution in [0.1, 0.15) is 37.3 Å². The Morgan fingerprint density at radius 3 is 1.98 bits per heavy atom. The first-order valence-electron chi connectivity index (χ1n) is 16.4. The summed E-state index contributed by atoms with van der Waals surface area (Å²) in [4.78, 5) is 45.6. The number of ketones is 1. The van der Waals surface area contributed by atoms with E-state index in [2.05, 4.69) is 33.6 Å². The van der Waals surface area contributed by atoms with Gasteiger partial charge in [0.15, 0.2) is 11.5 Å². The van der Waals surface area contributed by atoms with E-state index in [1.165, 1.54) is 31.6 Å². The summed E-state index contributed by atoms with van der Waals surface area (Å²) in [5, 5.41) is 86.7. The van der Waals surface area contributed by atoms with Crippen LogP contribution in [0.3, 0.4) is 0 Å². The van der Waals surface area contributed by atoms with Crippen molar-refractivity contribution >= 4 is 34.2 Å². The van der Waals surface area contributed by atoms with Gasteiger partial charge in [-0.25, -0.2) is 0 Å². The summed E-state index contributed by atoms with van der Waals surface area (Å²) in [5.41, 5.74) is -1.78. The summed E-state index contributed by atoms with van der Waals surface area (Å²) in [6.07, 6.45) is 4.30. The fourth-order valence-electron chi connectivity index (χ4n) is 6.04. The van der Waals surface area contributed by atoms with Gasteiger partial charge in [-0.3, -0.25) is 34.4 Å². The van der Waals surface area contributed by atoms with Crippen molar-refractivity contribution in [1.29, 1.82) is 10.5 Å². The average molecular weight is 823 g/mol. The number of aromatic nitrogens is 1. The van der Waals surface area contributed by atoms with Crippen molar-refractivity contribution < 1.29 is 51.5 Å². The zero-order valence-electron chi connectivity index (χ0n) is 30.5. The van der Waals surface area contributed by atoms with Gasteiger partial charge < -0.3 is 20.1 Å². The van der Waals surface area contributed by atoms with E-state index in [-0.39, 0.29) is 121 Å². The molecule has 0 spiro atoms. The molecule has 3 aromatic rings. The maximum Gasteiger partial charge on any atom is 0.271 e. The number of non-ortho nitro benzene ring substituents is 2. The van der Waals surface area contributed by atoms with Gasteiger partial charge in [-0.05, 0) is 44.2 Å². The number of hydrogen-bond acceptors (Lipinski definition) is 16. The molecule has 1 heterocycles. The van der Waals surface area contributed by atoms with Gasteiger partial charge in [0, 0.05) is 71.1 Å². The average Bonchev–Trinajstić information content (AvgIpc) is 3.86. The van der Waals surface area contributed by atoms with Crippen LogP contribution in [0.5, 0.6) is 17.4 Å². The molecule has 2 atom stereocenters. The minimum atomic E-state index is -0.642. The van der Waals surface area contributed by atoms with Gasteiger partial charge in [0.1, 0.15) is 57.6 Å². The predicted octanol–water partition coefficient (Wildman–Crippen LogP) is 7.80. The SMILES string of the molecule is C=CCC12CC(=O)/C(C#N)=C(C)\C(N=Nc3cc([N+](=O)[O-])ccc3O)=C(\O)C1C2.C=CCn1c(OC)c(N=Nc2cc([N+](=O)[O-])ccc2O)c(C)c(C#N)c1=O.[Co]. The van der Waals surface area contributed by atoms with E-state index < -0.39 is 20.8 Å². The number of phenols is 2. The number of aliphatic hydroxyl groups excluding tert-OH is 1. The minimum absolute atomic E-state index is 0. The van der Waals surface area contributed by atoms with Gasteiger partial charge >= 0.3 is 0 Å². The fourth-order valence-corrected chi connectivity index (χ4v) is 6.04. The number of methoxy groups -OCH3 is 1. The number of carbonyl (C=O) groups excluding carboxylic acids is 1. The van der Waals surface area contributed by atoms with E-state index in [1.54, 1.807) is 6.08 Å². The Bertz CT molecular complexity index is 2460. The fraction of sp³-hybridized carbons (Fsp3) is 0.243. The molecule has 3 N–H and O–H groups in total. The smallest absolute Gasteiger partial charge is 0.271 e. The summed E-state index contributed by atoms with van der Waals surface area (Å²) in [5.74, 6) is -1.37. The van der Waals surface area contributed by atoms with Crippen LogP contribution < -0.4 is 10.3 Å². The molecule has 0 amide bonds. The summed E-state index contributed by atoms with van der Waals surface area (Å²) < 4.78 is 6.42. The Kier molecular flexibility index (Phi) is 14.2. The third-order valence-electron chi connectivity index (χ3n) is 9.06. The van der Waals surface area contributed by atoms with E-state index in [1.807, 2.05) is 12.1 Å². The van der Waals surface area contributed by atoms with E-state index >= 15 is 0 Å². The predicted molar refractivity (Wildman–Crippen MR) is 198 cm³/mol. The first-order valence-corrected chi connectivity index (χ1v) is 16.4. The maximum atomic E-state index is 12.6. The van der Waals surface area contributed by atoms with Crippen LogP contribution in [0.2, 0.25) is 0 Å². The molecule has 0 bridgehead atoms. The number of carbonyl (C=O) groups is 1. The number of nitriles is 2. The number of benzene rings is 2. The van der Waals surface area contributed by atoms with Crippen molar-refractivity contribution in [2.75, 3.05) is 7.11 Å². The van der Waals surface area contributed by atoms with Crippen molar-refractivity contribution in [3.63, 3.8) is 0 Å². The summed E-state index contributed by atoms with van der Waals surface area (Å²) in [6, 6.07) is 10.3. The first-order chi connectivity index (χ1) is 26.6. The van der Waals surface area contributed by atoms with Gasteiger partial charge in [0.05, 0.1) is 17.0 Å². The Morgan fingerprint density at radius 2 is 1.51 bits per heavy atom. The van der Waals surface area contributed by atoms with Crippen LogP contribution in [0.25, 0.3) is 0 Å². The largest absolute Gasteiger partial charge is 0.510 e. The van der Waals surface area contributed by atoms with E-state index in [0.717, 1.165) is 36.4 Å². The standard InChI is InChI=1S/C20H18N4O5.C17H15N5O5.Co/c1-3-6-20-8-14(20)19(27)18(11(2)13(10-21)17(26)9-20)23-22-15-7-12(24(28)29)4-5-16(15)25;1-4-7-21-16(24)12(9-18)10(2)15(17(21)27-3)20-19-13-8-11(22(25)26)5-6-14(13)23;/h3-5,7,14,25,27H,1,6,8-9H2,2H3;4-6,8,23H,1,7H2,2-3H3;/b13-11-,19-18-,23-22?;;. The number of rotatable bonds is 11. The maximum absolute atomic E-state index is 12.6.